The summed E-state index contributed by atoms with van der Waals surface area (Å²) in [6.45, 7) is 0.923. The van der Waals surface area contributed by atoms with Crippen molar-refractivity contribution in [3.05, 3.63) is 48.7 Å². The van der Waals surface area contributed by atoms with E-state index in [2.05, 4.69) is 20.6 Å². The number of benzene rings is 2. The molecule has 1 aliphatic heterocycles. The van der Waals surface area contributed by atoms with Crippen molar-refractivity contribution in [2.45, 2.75) is 18.9 Å². The maximum atomic E-state index is 12.7. The number of amides is 2. The highest BCUT2D eigenvalue weighted by Crippen LogP contribution is 2.29. The Morgan fingerprint density at radius 1 is 1.15 bits per heavy atom. The minimum Gasteiger partial charge on any atom is -0.497 e. The second-order valence-corrected chi connectivity index (χ2v) is 7.97. The van der Waals surface area contributed by atoms with Crippen LogP contribution in [0.2, 0.25) is 0 Å². The summed E-state index contributed by atoms with van der Waals surface area (Å²) in [6.07, 6.45) is 2.63. The number of likely N-dealkylation sites (tertiary alicyclic amines) is 1. The molecule has 10 nitrogen and oxygen atoms in total. The predicted octanol–water partition coefficient (Wildman–Crippen LogP) is 3.48. The molecule has 0 bridgehead atoms. The van der Waals surface area contributed by atoms with E-state index in [-0.39, 0.29) is 6.03 Å². The van der Waals surface area contributed by atoms with E-state index in [0.29, 0.717) is 59.7 Å². The molecule has 1 saturated heterocycles. The fourth-order valence-electron chi connectivity index (χ4n) is 3.81. The zero-order chi connectivity index (χ0) is 24.1. The van der Waals surface area contributed by atoms with E-state index in [0.717, 1.165) is 12.0 Å². The number of nitrogens with two attached hydrogens (primary N) is 1. The van der Waals surface area contributed by atoms with Gasteiger partial charge in [0.15, 0.2) is 0 Å². The maximum Gasteiger partial charge on any atom is 0.321 e. The number of carbonyl (C=O) groups excluding carboxylic acids is 1. The largest absolute Gasteiger partial charge is 0.497 e. The van der Waals surface area contributed by atoms with Crippen LogP contribution in [0.1, 0.15) is 12.8 Å². The Bertz CT molecular complexity index is 1170. The number of piperidine rings is 1. The summed E-state index contributed by atoms with van der Waals surface area (Å²) in [4.78, 5) is 23.1. The quantitative estimate of drug-likeness (QED) is 0.407. The number of aromatic nitrogens is 2. The summed E-state index contributed by atoms with van der Waals surface area (Å²) in [5.74, 6) is 1.52. The van der Waals surface area contributed by atoms with E-state index in [1.807, 2.05) is 6.07 Å². The summed E-state index contributed by atoms with van der Waals surface area (Å²) < 4.78 is 10.6. The summed E-state index contributed by atoms with van der Waals surface area (Å²) >= 11 is 0. The highest BCUT2D eigenvalue weighted by molar-refractivity contribution is 5.90. The number of anilines is 4. The van der Waals surface area contributed by atoms with E-state index in [4.69, 9.17) is 15.2 Å². The Labute approximate surface area is 197 Å². The number of methoxy groups -OCH3 is 2. The zero-order valence-corrected chi connectivity index (χ0v) is 19.1. The van der Waals surface area contributed by atoms with E-state index >= 15 is 0 Å². The van der Waals surface area contributed by atoms with Crippen molar-refractivity contribution in [1.29, 1.82) is 0 Å². The third kappa shape index (κ3) is 5.46. The molecule has 1 aliphatic rings. The molecule has 0 saturated carbocycles. The fraction of sp³-hybridized carbons (Fsp3) is 0.292. The number of nitrogens with zero attached hydrogens (tertiary/aromatic N) is 3. The maximum absolute atomic E-state index is 12.7. The molecule has 10 heteroatoms. The Balaban J connectivity index is 1.53. The lowest BCUT2D eigenvalue weighted by atomic mass is 10.1. The third-order valence-electron chi connectivity index (χ3n) is 5.51. The van der Waals surface area contributed by atoms with Crippen LogP contribution in [-0.4, -0.2) is 59.4 Å². The SMILES string of the molecule is COc1cc(NC(=O)N2CCCC(O)C2)cc(Nc2nccc(-c3ccc(OC)c(N)c3)n2)c1. The lowest BCUT2D eigenvalue weighted by Crippen LogP contribution is -2.44. The number of rotatable bonds is 6. The molecule has 1 atom stereocenters. The molecule has 178 valence electrons. The van der Waals surface area contributed by atoms with Crippen LogP contribution in [0.15, 0.2) is 48.7 Å². The van der Waals surface area contributed by atoms with Crippen LogP contribution in [0.3, 0.4) is 0 Å². The van der Waals surface area contributed by atoms with Gasteiger partial charge in [-0.15, -0.1) is 0 Å². The van der Waals surface area contributed by atoms with Gasteiger partial charge in [-0.2, -0.15) is 0 Å². The number of urea groups is 1. The molecule has 0 spiro atoms. The molecule has 1 aromatic heterocycles. The molecular weight excluding hydrogens is 436 g/mol. The summed E-state index contributed by atoms with van der Waals surface area (Å²) in [7, 11) is 3.12. The molecule has 4 rings (SSSR count). The highest BCUT2D eigenvalue weighted by Gasteiger charge is 2.22. The number of hydrogen-bond donors (Lipinski definition) is 4. The van der Waals surface area contributed by atoms with Gasteiger partial charge in [0.25, 0.3) is 0 Å². The fourth-order valence-corrected chi connectivity index (χ4v) is 3.81. The predicted molar refractivity (Wildman–Crippen MR) is 131 cm³/mol. The molecule has 0 aliphatic carbocycles. The summed E-state index contributed by atoms with van der Waals surface area (Å²) in [5, 5.41) is 15.9. The van der Waals surface area contributed by atoms with Crippen LogP contribution in [-0.2, 0) is 0 Å². The number of aliphatic hydroxyl groups is 1. The number of ether oxygens (including phenoxy) is 2. The molecule has 1 fully saturated rings. The summed E-state index contributed by atoms with van der Waals surface area (Å²) in [5.41, 5.74) is 9.24. The lowest BCUT2D eigenvalue weighted by molar-refractivity contribution is 0.0883. The van der Waals surface area contributed by atoms with Gasteiger partial charge in [-0.1, -0.05) is 0 Å². The summed E-state index contributed by atoms with van der Waals surface area (Å²) in [6, 6.07) is 12.2. The van der Waals surface area contributed by atoms with E-state index in [1.165, 1.54) is 0 Å². The van der Waals surface area contributed by atoms with Crippen molar-refractivity contribution in [1.82, 2.24) is 14.9 Å². The zero-order valence-electron chi connectivity index (χ0n) is 19.1. The number of aliphatic hydroxyl groups excluding tert-OH is 1. The first kappa shape index (κ1) is 23.1. The van der Waals surface area contributed by atoms with Gasteiger partial charge in [-0.25, -0.2) is 14.8 Å². The van der Waals surface area contributed by atoms with Crippen molar-refractivity contribution in [2.75, 3.05) is 43.7 Å². The molecule has 5 N–H and O–H groups in total. The van der Waals surface area contributed by atoms with Crippen LogP contribution in [0.4, 0.5) is 27.8 Å². The molecule has 2 aromatic carbocycles. The standard InChI is InChI=1S/C24H28N6O4/c1-33-19-12-16(11-17(13-19)28-24(32)30-9-3-4-18(31)14-30)27-23-26-8-7-21(29-23)15-5-6-22(34-2)20(25)10-15/h5-8,10-13,18,31H,3-4,9,14,25H2,1-2H3,(H,28,32)(H,26,27,29). The Morgan fingerprint density at radius 2 is 1.97 bits per heavy atom. The second kappa shape index (κ2) is 10.3. The first-order chi connectivity index (χ1) is 16.4. The van der Waals surface area contributed by atoms with E-state index < -0.39 is 6.10 Å². The van der Waals surface area contributed by atoms with Gasteiger partial charge in [-0.05, 0) is 43.2 Å². The molecule has 2 heterocycles. The number of nitrogen functional groups attached to an aromatic ring is 1. The Morgan fingerprint density at radius 3 is 2.71 bits per heavy atom. The molecule has 34 heavy (non-hydrogen) atoms. The van der Waals surface area contributed by atoms with Gasteiger partial charge in [0, 0.05) is 48.4 Å². The van der Waals surface area contributed by atoms with Gasteiger partial charge in [0.1, 0.15) is 11.5 Å². The molecule has 0 radical (unpaired) electrons. The van der Waals surface area contributed by atoms with E-state index in [1.54, 1.807) is 61.7 Å². The van der Waals surface area contributed by atoms with Gasteiger partial charge in [-0.3, -0.25) is 0 Å². The van der Waals surface area contributed by atoms with Gasteiger partial charge < -0.3 is 35.8 Å². The van der Waals surface area contributed by atoms with E-state index in [9.17, 15) is 9.90 Å². The minimum atomic E-state index is -0.493. The minimum absolute atomic E-state index is 0.270. The number of nitrogens with one attached hydrogen (secondary N) is 2. The normalized spacial score (nSPS) is 15.5. The average molecular weight is 465 g/mol. The van der Waals surface area contributed by atoms with Crippen molar-refractivity contribution in [2.24, 2.45) is 0 Å². The number of carbonyl (C=O) groups is 1. The molecular formula is C24H28N6O4. The van der Waals surface area contributed by atoms with Crippen LogP contribution in [0.5, 0.6) is 11.5 Å². The Kier molecular flexibility index (Phi) is 6.98. The highest BCUT2D eigenvalue weighted by atomic mass is 16.5. The van der Waals surface area contributed by atoms with Crippen molar-refractivity contribution in [3.8, 4) is 22.8 Å². The van der Waals surface area contributed by atoms with Crippen LogP contribution in [0, 0.1) is 0 Å². The average Bonchev–Trinajstić information content (AvgIpc) is 2.84. The first-order valence-corrected chi connectivity index (χ1v) is 10.9. The number of β-amino-alcohol motifs (C(OH)–C–C–N with tert-alkyl or cyclic N) is 1. The van der Waals surface area contributed by atoms with Gasteiger partial charge in [0.2, 0.25) is 5.95 Å². The molecule has 3 aromatic rings. The monoisotopic (exact) mass is 464 g/mol. The lowest BCUT2D eigenvalue weighted by Gasteiger charge is -2.30. The second-order valence-electron chi connectivity index (χ2n) is 7.97. The number of hydrogen-bond acceptors (Lipinski definition) is 8. The van der Waals surface area contributed by atoms with Crippen molar-refractivity contribution < 1.29 is 19.4 Å². The van der Waals surface area contributed by atoms with Gasteiger partial charge in [0.05, 0.1) is 31.7 Å². The molecule has 2 amide bonds. The van der Waals surface area contributed by atoms with Gasteiger partial charge >= 0.3 is 6.03 Å². The van der Waals surface area contributed by atoms with Crippen LogP contribution >= 0.6 is 0 Å². The first-order valence-electron chi connectivity index (χ1n) is 10.9. The third-order valence-corrected chi connectivity index (χ3v) is 5.51. The van der Waals surface area contributed by atoms with Crippen molar-refractivity contribution in [3.63, 3.8) is 0 Å². The molecule has 1 unspecified atom stereocenters. The Hall–Kier alpha value is -4.05. The van der Waals surface area contributed by atoms with Crippen LogP contribution < -0.4 is 25.8 Å². The van der Waals surface area contributed by atoms with Crippen LogP contribution in [0.25, 0.3) is 11.3 Å². The topological polar surface area (TPSA) is 135 Å². The smallest absolute Gasteiger partial charge is 0.321 e. The van der Waals surface area contributed by atoms with Crippen molar-refractivity contribution >= 4 is 29.0 Å².